The highest BCUT2D eigenvalue weighted by Crippen LogP contribution is 2.37. The molecule has 0 aliphatic heterocycles. The number of nitrogens with zero attached hydrogens (tertiary/aromatic N) is 1. The van der Waals surface area contributed by atoms with E-state index in [-0.39, 0.29) is 23.8 Å². The predicted molar refractivity (Wildman–Crippen MR) is 109 cm³/mol. The zero-order valence-electron chi connectivity index (χ0n) is 16.4. The maximum Gasteiger partial charge on any atom is 0.416 e. The normalized spacial score (nSPS) is 11.7. The molecule has 2 aromatic carbocycles. The van der Waals surface area contributed by atoms with Gasteiger partial charge in [0, 0.05) is 35.1 Å². The SMILES string of the molecule is COC(=O)COc1ccc(Cl)c(Cc2cc3c(C)cc(C(F)(F)F)cc3n2C)c1Cl. The third-order valence-corrected chi connectivity index (χ3v) is 5.65. The van der Waals surface area contributed by atoms with E-state index in [1.807, 2.05) is 6.07 Å². The Kier molecular flexibility index (Phi) is 6.24. The lowest BCUT2D eigenvalue weighted by molar-refractivity contribution is -0.143. The van der Waals surface area contributed by atoms with Crippen molar-refractivity contribution in [1.82, 2.24) is 4.57 Å². The Morgan fingerprint density at radius 1 is 1.17 bits per heavy atom. The Bertz CT molecular complexity index is 1120. The highest BCUT2D eigenvalue weighted by Gasteiger charge is 2.31. The van der Waals surface area contributed by atoms with Crippen molar-refractivity contribution in [1.29, 1.82) is 0 Å². The number of halogens is 5. The van der Waals surface area contributed by atoms with Crippen molar-refractivity contribution < 1.29 is 27.4 Å². The number of hydrogen-bond donors (Lipinski definition) is 0. The van der Waals surface area contributed by atoms with E-state index in [1.165, 1.54) is 7.11 Å². The number of carbonyl (C=O) groups is 1. The predicted octanol–water partition coefficient (Wildman–Crippen LogP) is 5.95. The van der Waals surface area contributed by atoms with Crippen LogP contribution in [0.5, 0.6) is 5.75 Å². The molecule has 0 amide bonds. The quantitative estimate of drug-likeness (QED) is 0.442. The van der Waals surface area contributed by atoms with Gasteiger partial charge in [-0.05, 0) is 48.4 Å². The molecule has 0 saturated heterocycles. The fourth-order valence-corrected chi connectivity index (χ4v) is 3.78. The van der Waals surface area contributed by atoms with Gasteiger partial charge in [-0.25, -0.2) is 4.79 Å². The number of aromatic nitrogens is 1. The lowest BCUT2D eigenvalue weighted by Crippen LogP contribution is -2.13. The first kappa shape index (κ1) is 22.3. The smallest absolute Gasteiger partial charge is 0.416 e. The molecule has 9 heteroatoms. The largest absolute Gasteiger partial charge is 0.480 e. The van der Waals surface area contributed by atoms with Gasteiger partial charge in [0.1, 0.15) is 5.75 Å². The Hall–Kier alpha value is -2.38. The van der Waals surface area contributed by atoms with E-state index in [4.69, 9.17) is 27.9 Å². The zero-order valence-corrected chi connectivity index (χ0v) is 17.9. The van der Waals surface area contributed by atoms with Crippen LogP contribution < -0.4 is 4.74 Å². The molecule has 0 aliphatic carbocycles. The summed E-state index contributed by atoms with van der Waals surface area (Å²) in [6.07, 6.45) is -4.17. The number of alkyl halides is 3. The van der Waals surface area contributed by atoms with Crippen molar-refractivity contribution >= 4 is 40.1 Å². The van der Waals surface area contributed by atoms with Gasteiger partial charge in [0.25, 0.3) is 0 Å². The second-order valence-corrected chi connectivity index (χ2v) is 7.58. The Morgan fingerprint density at radius 2 is 1.87 bits per heavy atom. The fraction of sp³-hybridized carbons (Fsp3) is 0.286. The van der Waals surface area contributed by atoms with Crippen LogP contribution in [0.2, 0.25) is 10.0 Å². The molecule has 30 heavy (non-hydrogen) atoms. The average molecular weight is 460 g/mol. The topological polar surface area (TPSA) is 40.5 Å². The van der Waals surface area contributed by atoms with Crippen LogP contribution in [0.4, 0.5) is 13.2 Å². The molecular weight excluding hydrogens is 442 g/mol. The van der Waals surface area contributed by atoms with Crippen molar-refractivity contribution in [3.05, 3.63) is 62.8 Å². The first-order valence-corrected chi connectivity index (χ1v) is 9.61. The molecule has 1 aromatic heterocycles. The van der Waals surface area contributed by atoms with Crippen molar-refractivity contribution in [2.45, 2.75) is 19.5 Å². The number of ether oxygens (including phenoxy) is 2. The summed E-state index contributed by atoms with van der Waals surface area (Å²) in [5.74, 6) is -0.303. The highest BCUT2D eigenvalue weighted by molar-refractivity contribution is 6.37. The molecule has 4 nitrogen and oxygen atoms in total. The molecule has 0 spiro atoms. The van der Waals surface area contributed by atoms with E-state index in [1.54, 1.807) is 30.7 Å². The number of esters is 1. The Labute approximate surface area is 181 Å². The van der Waals surface area contributed by atoms with E-state index in [9.17, 15) is 18.0 Å². The zero-order chi connectivity index (χ0) is 22.2. The lowest BCUT2D eigenvalue weighted by atomic mass is 10.1. The van der Waals surface area contributed by atoms with Crippen LogP contribution in [0.15, 0.2) is 30.3 Å². The molecule has 3 aromatic rings. The summed E-state index contributed by atoms with van der Waals surface area (Å²) >= 11 is 12.8. The summed E-state index contributed by atoms with van der Waals surface area (Å²) in [4.78, 5) is 11.3. The molecule has 0 unspecified atom stereocenters. The summed E-state index contributed by atoms with van der Waals surface area (Å²) in [6, 6.07) is 7.21. The third-order valence-electron chi connectivity index (χ3n) is 4.88. The third kappa shape index (κ3) is 4.37. The van der Waals surface area contributed by atoms with E-state index < -0.39 is 17.7 Å². The van der Waals surface area contributed by atoms with Gasteiger partial charge in [-0.2, -0.15) is 13.2 Å². The van der Waals surface area contributed by atoms with Crippen molar-refractivity contribution in [2.75, 3.05) is 13.7 Å². The lowest BCUT2D eigenvalue weighted by Gasteiger charge is -2.13. The van der Waals surface area contributed by atoms with Crippen LogP contribution in [0.3, 0.4) is 0 Å². The number of aryl methyl sites for hydroxylation is 2. The monoisotopic (exact) mass is 459 g/mol. The number of fused-ring (bicyclic) bond motifs is 1. The first-order valence-electron chi connectivity index (χ1n) is 8.85. The molecule has 0 N–H and O–H groups in total. The summed E-state index contributed by atoms with van der Waals surface area (Å²) in [7, 11) is 2.93. The molecule has 0 atom stereocenters. The molecular formula is C21H18Cl2F3NO3. The average Bonchev–Trinajstić information content (AvgIpc) is 3.00. The van der Waals surface area contributed by atoms with Gasteiger partial charge in [-0.15, -0.1) is 0 Å². The van der Waals surface area contributed by atoms with Crippen molar-refractivity contribution in [3.8, 4) is 5.75 Å². The van der Waals surface area contributed by atoms with Crippen LogP contribution >= 0.6 is 23.2 Å². The molecule has 160 valence electrons. The van der Waals surface area contributed by atoms with Gasteiger partial charge in [0.05, 0.1) is 17.7 Å². The first-order chi connectivity index (χ1) is 14.0. The van der Waals surface area contributed by atoms with Crippen LogP contribution in [0, 0.1) is 6.92 Å². The molecule has 0 aliphatic rings. The van der Waals surface area contributed by atoms with Gasteiger partial charge >= 0.3 is 12.1 Å². The molecule has 0 fully saturated rings. The van der Waals surface area contributed by atoms with Crippen LogP contribution in [0.1, 0.15) is 22.4 Å². The summed E-state index contributed by atoms with van der Waals surface area (Å²) in [6.45, 7) is 1.33. The summed E-state index contributed by atoms with van der Waals surface area (Å²) in [5.41, 5.74) is 1.55. The summed E-state index contributed by atoms with van der Waals surface area (Å²) in [5, 5.41) is 1.32. The number of rotatable bonds is 5. The maximum absolute atomic E-state index is 13.2. The van der Waals surface area contributed by atoms with Crippen LogP contribution in [0.25, 0.3) is 10.9 Å². The standard InChI is InChI=1S/C21H18Cl2F3NO3/c1-11-6-12(21(24,25)26)7-17-14(11)8-13(27(17)2)9-15-16(22)4-5-18(20(15)23)30-10-19(28)29-3/h4-8H,9-10H2,1-3H3. The van der Waals surface area contributed by atoms with E-state index >= 15 is 0 Å². The highest BCUT2D eigenvalue weighted by atomic mass is 35.5. The van der Waals surface area contributed by atoms with Crippen molar-refractivity contribution in [3.63, 3.8) is 0 Å². The molecule has 1 heterocycles. The van der Waals surface area contributed by atoms with Gasteiger partial charge in [0.2, 0.25) is 0 Å². The molecule has 3 rings (SSSR count). The maximum atomic E-state index is 13.2. The number of methoxy groups -OCH3 is 1. The van der Waals surface area contributed by atoms with Crippen molar-refractivity contribution in [2.24, 2.45) is 7.05 Å². The van der Waals surface area contributed by atoms with Crippen LogP contribution in [-0.4, -0.2) is 24.3 Å². The van der Waals surface area contributed by atoms with E-state index in [0.29, 0.717) is 27.1 Å². The second-order valence-electron chi connectivity index (χ2n) is 6.80. The number of carbonyl (C=O) groups excluding carboxylic acids is 1. The molecule has 0 radical (unpaired) electrons. The minimum absolute atomic E-state index is 0.226. The van der Waals surface area contributed by atoms with Crippen LogP contribution in [-0.2, 0) is 29.2 Å². The van der Waals surface area contributed by atoms with Gasteiger partial charge < -0.3 is 14.0 Å². The Morgan fingerprint density at radius 3 is 2.50 bits per heavy atom. The molecule has 0 saturated carbocycles. The van der Waals surface area contributed by atoms with E-state index in [0.717, 1.165) is 17.8 Å². The Balaban J connectivity index is 2.01. The number of benzene rings is 2. The minimum atomic E-state index is -4.43. The van der Waals surface area contributed by atoms with Gasteiger partial charge in [0.15, 0.2) is 6.61 Å². The van der Waals surface area contributed by atoms with Gasteiger partial charge in [-0.3, -0.25) is 0 Å². The molecule has 0 bridgehead atoms. The van der Waals surface area contributed by atoms with Gasteiger partial charge in [-0.1, -0.05) is 23.2 Å². The fourth-order valence-electron chi connectivity index (χ4n) is 3.22. The summed E-state index contributed by atoms with van der Waals surface area (Å²) < 4.78 is 51.2. The van der Waals surface area contributed by atoms with E-state index in [2.05, 4.69) is 4.74 Å². The minimum Gasteiger partial charge on any atom is -0.480 e. The number of hydrogen-bond acceptors (Lipinski definition) is 3. The second kappa shape index (κ2) is 8.40.